The van der Waals surface area contributed by atoms with Crippen LogP contribution >= 0.6 is 0 Å². The van der Waals surface area contributed by atoms with Gasteiger partial charge in [-0.25, -0.2) is 4.98 Å². The van der Waals surface area contributed by atoms with Gasteiger partial charge in [0.05, 0.1) is 18.0 Å². The highest BCUT2D eigenvalue weighted by atomic mass is 14.9. The van der Waals surface area contributed by atoms with E-state index in [0.29, 0.717) is 5.82 Å². The minimum Gasteiger partial charge on any atom is -0.384 e. The lowest BCUT2D eigenvalue weighted by molar-refractivity contribution is 1.27. The summed E-state index contributed by atoms with van der Waals surface area (Å²) in [5.74, 6) is 0.479. The van der Waals surface area contributed by atoms with Crippen LogP contribution in [0, 0.1) is 11.3 Å². The largest absolute Gasteiger partial charge is 0.384 e. The molecule has 4 heteroatoms. The van der Waals surface area contributed by atoms with E-state index >= 15 is 0 Å². The molecule has 0 spiro atoms. The summed E-state index contributed by atoms with van der Waals surface area (Å²) in [6.07, 6.45) is 1.59. The molecule has 3 N–H and O–H groups in total. The molecule has 0 saturated heterocycles. The zero-order valence-corrected chi connectivity index (χ0v) is 5.91. The molecule has 0 aromatic carbocycles. The van der Waals surface area contributed by atoms with E-state index in [1.165, 1.54) is 0 Å². The van der Waals surface area contributed by atoms with Crippen molar-refractivity contribution in [2.24, 2.45) is 0 Å². The molecule has 0 saturated carbocycles. The van der Waals surface area contributed by atoms with Gasteiger partial charge in [-0.15, -0.1) is 0 Å². The van der Waals surface area contributed by atoms with Crippen molar-refractivity contribution in [1.82, 2.24) is 4.98 Å². The van der Waals surface area contributed by atoms with Gasteiger partial charge in [-0.2, -0.15) is 5.26 Å². The van der Waals surface area contributed by atoms with Crippen molar-refractivity contribution < 1.29 is 0 Å². The number of nitrogens with zero attached hydrogens (tertiary/aromatic N) is 2. The molecule has 1 aromatic heterocycles. The van der Waals surface area contributed by atoms with Gasteiger partial charge >= 0.3 is 0 Å². The van der Waals surface area contributed by atoms with Crippen LogP contribution in [-0.4, -0.2) is 11.5 Å². The second-order valence-corrected chi connectivity index (χ2v) is 1.98. The lowest BCUT2D eigenvalue weighted by Gasteiger charge is -1.99. The fraction of sp³-hybridized carbons (Fsp3) is 0.143. The molecule has 0 atom stereocenters. The molecule has 1 heterocycles. The summed E-state index contributed by atoms with van der Waals surface area (Å²) in [5, 5.41) is 11.1. The second kappa shape index (κ2) is 3.42. The summed E-state index contributed by atoms with van der Waals surface area (Å²) in [5.41, 5.74) is 6.16. The summed E-state index contributed by atoms with van der Waals surface area (Å²) in [6.45, 7) is 0.283. The molecule has 0 aliphatic heterocycles. The number of nitrogens with one attached hydrogen (secondary N) is 1. The molecule has 56 valence electrons. The molecular formula is C7H8N4. The van der Waals surface area contributed by atoms with E-state index in [-0.39, 0.29) is 6.54 Å². The number of rotatable bonds is 2. The van der Waals surface area contributed by atoms with Gasteiger partial charge in [0.25, 0.3) is 0 Å². The summed E-state index contributed by atoms with van der Waals surface area (Å²) >= 11 is 0. The fourth-order valence-corrected chi connectivity index (χ4v) is 0.651. The van der Waals surface area contributed by atoms with Crippen LogP contribution in [0.2, 0.25) is 0 Å². The van der Waals surface area contributed by atoms with Crippen LogP contribution in [0.15, 0.2) is 18.3 Å². The Morgan fingerprint density at radius 2 is 2.45 bits per heavy atom. The van der Waals surface area contributed by atoms with E-state index in [4.69, 9.17) is 11.0 Å². The van der Waals surface area contributed by atoms with Crippen molar-refractivity contribution in [2.75, 3.05) is 17.6 Å². The zero-order valence-electron chi connectivity index (χ0n) is 5.91. The van der Waals surface area contributed by atoms with Crippen LogP contribution in [0.1, 0.15) is 0 Å². The van der Waals surface area contributed by atoms with Gasteiger partial charge in [0.1, 0.15) is 12.4 Å². The minimum absolute atomic E-state index is 0.283. The number of nitrogens with two attached hydrogens (primary N) is 1. The predicted molar refractivity (Wildman–Crippen MR) is 42.8 cm³/mol. The van der Waals surface area contributed by atoms with E-state index < -0.39 is 0 Å². The maximum absolute atomic E-state index is 8.22. The molecule has 1 rings (SSSR count). The third-order valence-corrected chi connectivity index (χ3v) is 1.16. The fourth-order valence-electron chi connectivity index (χ4n) is 0.651. The smallest absolute Gasteiger partial charge is 0.123 e. The van der Waals surface area contributed by atoms with Crippen LogP contribution in [0.5, 0.6) is 0 Å². The number of hydrogen-bond donors (Lipinski definition) is 2. The third-order valence-electron chi connectivity index (χ3n) is 1.16. The van der Waals surface area contributed by atoms with Gasteiger partial charge in [-0.1, -0.05) is 0 Å². The molecule has 0 amide bonds. The Labute approximate surface area is 64.7 Å². The van der Waals surface area contributed by atoms with E-state index in [9.17, 15) is 0 Å². The second-order valence-electron chi connectivity index (χ2n) is 1.98. The average molecular weight is 148 g/mol. The van der Waals surface area contributed by atoms with Gasteiger partial charge < -0.3 is 11.1 Å². The highest BCUT2D eigenvalue weighted by molar-refractivity contribution is 5.45. The Hall–Kier alpha value is -1.76. The van der Waals surface area contributed by atoms with E-state index in [1.807, 2.05) is 6.07 Å². The first kappa shape index (κ1) is 7.35. The predicted octanol–water partition coefficient (Wildman–Crippen LogP) is 0.599. The van der Waals surface area contributed by atoms with Gasteiger partial charge in [0, 0.05) is 0 Å². The zero-order chi connectivity index (χ0) is 8.10. The number of pyridine rings is 1. The number of aromatic nitrogens is 1. The first-order valence-electron chi connectivity index (χ1n) is 3.15. The number of nitrogen functional groups attached to an aromatic ring is 1. The maximum atomic E-state index is 8.22. The molecule has 4 nitrogen and oxygen atoms in total. The molecule has 0 bridgehead atoms. The highest BCUT2D eigenvalue weighted by Crippen LogP contribution is 2.05. The quantitative estimate of drug-likeness (QED) is 0.602. The summed E-state index contributed by atoms with van der Waals surface area (Å²) in [7, 11) is 0. The number of hydrogen-bond acceptors (Lipinski definition) is 4. The summed E-state index contributed by atoms with van der Waals surface area (Å²) in [4.78, 5) is 3.84. The van der Waals surface area contributed by atoms with Crippen LogP contribution in [0.25, 0.3) is 0 Å². The first-order valence-corrected chi connectivity index (χ1v) is 3.15. The van der Waals surface area contributed by atoms with Crippen LogP contribution in [-0.2, 0) is 0 Å². The SMILES string of the molecule is N#CCNc1ccc(N)nc1. The molecule has 11 heavy (non-hydrogen) atoms. The first-order chi connectivity index (χ1) is 5.33. The van der Waals surface area contributed by atoms with Gasteiger partial charge in [0.15, 0.2) is 0 Å². The Morgan fingerprint density at radius 3 is 3.00 bits per heavy atom. The van der Waals surface area contributed by atoms with Crippen molar-refractivity contribution >= 4 is 11.5 Å². The third kappa shape index (κ3) is 2.14. The van der Waals surface area contributed by atoms with E-state index in [1.54, 1.807) is 18.3 Å². The molecule has 0 fully saturated rings. The van der Waals surface area contributed by atoms with E-state index in [0.717, 1.165) is 5.69 Å². The molecule has 0 unspecified atom stereocenters. The monoisotopic (exact) mass is 148 g/mol. The molecule has 0 radical (unpaired) electrons. The van der Waals surface area contributed by atoms with Crippen LogP contribution < -0.4 is 11.1 Å². The average Bonchev–Trinajstić information content (AvgIpc) is 2.04. The Balaban J connectivity index is 2.60. The Bertz CT molecular complexity index is 259. The topological polar surface area (TPSA) is 74.7 Å². The van der Waals surface area contributed by atoms with Crippen LogP contribution in [0.4, 0.5) is 11.5 Å². The highest BCUT2D eigenvalue weighted by Gasteiger charge is 1.89. The lowest BCUT2D eigenvalue weighted by atomic mass is 10.4. The molecule has 0 aliphatic rings. The summed E-state index contributed by atoms with van der Waals surface area (Å²) in [6, 6.07) is 5.42. The van der Waals surface area contributed by atoms with E-state index in [2.05, 4.69) is 10.3 Å². The van der Waals surface area contributed by atoms with Crippen molar-refractivity contribution in [3.63, 3.8) is 0 Å². The number of anilines is 2. The molecular weight excluding hydrogens is 140 g/mol. The van der Waals surface area contributed by atoms with Crippen molar-refractivity contribution in [2.45, 2.75) is 0 Å². The molecule has 0 aliphatic carbocycles. The number of nitriles is 1. The van der Waals surface area contributed by atoms with Gasteiger partial charge in [0.2, 0.25) is 0 Å². The minimum atomic E-state index is 0.283. The maximum Gasteiger partial charge on any atom is 0.123 e. The Kier molecular flexibility index (Phi) is 2.28. The van der Waals surface area contributed by atoms with Crippen molar-refractivity contribution in [3.05, 3.63) is 18.3 Å². The molecule has 1 aromatic rings. The van der Waals surface area contributed by atoms with Crippen molar-refractivity contribution in [1.29, 1.82) is 5.26 Å². The lowest BCUT2D eigenvalue weighted by Crippen LogP contribution is -1.99. The van der Waals surface area contributed by atoms with Crippen molar-refractivity contribution in [3.8, 4) is 6.07 Å². The van der Waals surface area contributed by atoms with Crippen LogP contribution in [0.3, 0.4) is 0 Å². The van der Waals surface area contributed by atoms with Gasteiger partial charge in [-0.05, 0) is 12.1 Å². The normalized spacial score (nSPS) is 8.64. The Morgan fingerprint density at radius 1 is 1.64 bits per heavy atom. The summed E-state index contributed by atoms with van der Waals surface area (Å²) < 4.78 is 0. The standard InChI is InChI=1S/C7H8N4/c8-3-4-10-6-1-2-7(9)11-5-6/h1-2,5,10H,4H2,(H2,9,11). The van der Waals surface area contributed by atoms with Gasteiger partial charge in [-0.3, -0.25) is 0 Å².